The minimum atomic E-state index is -0.154. The van der Waals surface area contributed by atoms with Crippen molar-refractivity contribution in [3.8, 4) is 0 Å². The van der Waals surface area contributed by atoms with Gasteiger partial charge in [-0.15, -0.1) is 0 Å². The highest BCUT2D eigenvalue weighted by Gasteiger charge is 2.17. The molecule has 3 heteroatoms. The fraction of sp³-hybridized carbons (Fsp3) is 0.800. The summed E-state index contributed by atoms with van der Waals surface area (Å²) in [7, 11) is 0. The van der Waals surface area contributed by atoms with Crippen LogP contribution < -0.4 is 0 Å². The van der Waals surface area contributed by atoms with Crippen LogP contribution in [0.15, 0.2) is 12.0 Å². The maximum absolute atomic E-state index is 8.72. The number of rotatable bonds is 6. The molecule has 76 valence electrons. The Morgan fingerprint density at radius 1 is 1.38 bits per heavy atom. The van der Waals surface area contributed by atoms with Crippen molar-refractivity contribution in [1.29, 1.82) is 0 Å². The zero-order valence-corrected chi connectivity index (χ0v) is 8.16. The molecule has 13 heavy (non-hydrogen) atoms. The van der Waals surface area contributed by atoms with Crippen LogP contribution in [0, 0.1) is 0 Å². The summed E-state index contributed by atoms with van der Waals surface area (Å²) in [5.74, 6) is 0.542. The van der Waals surface area contributed by atoms with Gasteiger partial charge in [-0.05, 0) is 6.42 Å². The summed E-state index contributed by atoms with van der Waals surface area (Å²) < 4.78 is 10.5. The van der Waals surface area contributed by atoms with Crippen LogP contribution in [0.2, 0.25) is 0 Å². The Bertz CT molecular complexity index is 166. The van der Waals surface area contributed by atoms with Gasteiger partial charge in [0.2, 0.25) is 6.29 Å². The van der Waals surface area contributed by atoms with Crippen molar-refractivity contribution in [3.63, 3.8) is 0 Å². The van der Waals surface area contributed by atoms with Crippen molar-refractivity contribution in [3.05, 3.63) is 12.0 Å². The Morgan fingerprint density at radius 2 is 2.23 bits per heavy atom. The van der Waals surface area contributed by atoms with E-state index in [9.17, 15) is 0 Å². The smallest absolute Gasteiger partial charge is 0.240 e. The van der Waals surface area contributed by atoms with Gasteiger partial charge in [-0.1, -0.05) is 26.2 Å². The summed E-state index contributed by atoms with van der Waals surface area (Å²) in [5.41, 5.74) is 0. The monoisotopic (exact) mass is 186 g/mol. The van der Waals surface area contributed by atoms with Crippen molar-refractivity contribution in [2.75, 3.05) is 6.61 Å². The molecule has 1 aliphatic heterocycles. The molecule has 0 fully saturated rings. The minimum Gasteiger partial charge on any atom is -0.459 e. The van der Waals surface area contributed by atoms with Gasteiger partial charge in [-0.25, -0.2) is 0 Å². The van der Waals surface area contributed by atoms with E-state index in [1.807, 2.05) is 0 Å². The molecule has 1 N–H and O–H groups in total. The maximum atomic E-state index is 8.72. The molecule has 0 aromatic carbocycles. The van der Waals surface area contributed by atoms with Crippen molar-refractivity contribution < 1.29 is 14.6 Å². The molecule has 1 atom stereocenters. The van der Waals surface area contributed by atoms with Crippen molar-refractivity contribution in [2.24, 2.45) is 0 Å². The molecule has 0 aromatic rings. The van der Waals surface area contributed by atoms with E-state index in [4.69, 9.17) is 14.6 Å². The molecular formula is C10H18O3. The van der Waals surface area contributed by atoms with Crippen molar-refractivity contribution in [1.82, 2.24) is 0 Å². The van der Waals surface area contributed by atoms with Gasteiger partial charge < -0.3 is 14.6 Å². The Morgan fingerprint density at radius 3 is 2.85 bits per heavy atom. The first-order valence-electron chi connectivity index (χ1n) is 4.99. The van der Waals surface area contributed by atoms with Gasteiger partial charge in [0.1, 0.15) is 12.9 Å². The predicted octanol–water partition coefficient (Wildman–Crippen LogP) is 2.16. The normalized spacial score (nSPS) is 20.8. The van der Waals surface area contributed by atoms with Gasteiger partial charge in [0, 0.05) is 6.42 Å². The molecule has 0 bridgehead atoms. The van der Waals surface area contributed by atoms with Crippen LogP contribution in [0.1, 0.15) is 39.0 Å². The van der Waals surface area contributed by atoms with E-state index < -0.39 is 0 Å². The number of hydrogen-bond acceptors (Lipinski definition) is 3. The summed E-state index contributed by atoms with van der Waals surface area (Å²) in [6.45, 7) is 2.12. The largest absolute Gasteiger partial charge is 0.459 e. The molecule has 1 aliphatic rings. The lowest BCUT2D eigenvalue weighted by Crippen LogP contribution is -2.08. The highest BCUT2D eigenvalue weighted by Crippen LogP contribution is 2.18. The second-order valence-electron chi connectivity index (χ2n) is 3.28. The van der Waals surface area contributed by atoms with Crippen LogP contribution in [0.25, 0.3) is 0 Å². The lowest BCUT2D eigenvalue weighted by molar-refractivity contribution is -0.0433. The third kappa shape index (κ3) is 3.68. The van der Waals surface area contributed by atoms with Crippen LogP contribution in [0.4, 0.5) is 0 Å². The van der Waals surface area contributed by atoms with E-state index in [1.165, 1.54) is 25.5 Å². The first-order chi connectivity index (χ1) is 6.36. The molecule has 0 spiro atoms. The number of aliphatic hydroxyl groups excluding tert-OH is 1. The molecule has 0 saturated carbocycles. The molecular weight excluding hydrogens is 168 g/mol. The third-order valence-electron chi connectivity index (χ3n) is 2.08. The van der Waals surface area contributed by atoms with Crippen LogP contribution in [-0.4, -0.2) is 18.0 Å². The SMILES string of the molecule is CCCCCCC1OC=C(CO)O1. The zero-order chi connectivity index (χ0) is 9.52. The summed E-state index contributed by atoms with van der Waals surface area (Å²) >= 11 is 0. The molecule has 0 aromatic heterocycles. The van der Waals surface area contributed by atoms with E-state index in [0.29, 0.717) is 5.76 Å². The van der Waals surface area contributed by atoms with E-state index >= 15 is 0 Å². The molecule has 0 radical (unpaired) electrons. The fourth-order valence-electron chi connectivity index (χ4n) is 1.32. The molecule has 0 saturated heterocycles. The predicted molar refractivity (Wildman–Crippen MR) is 49.9 cm³/mol. The fourth-order valence-corrected chi connectivity index (χ4v) is 1.32. The highest BCUT2D eigenvalue weighted by atomic mass is 16.7. The van der Waals surface area contributed by atoms with Gasteiger partial charge >= 0.3 is 0 Å². The van der Waals surface area contributed by atoms with Gasteiger partial charge in [-0.3, -0.25) is 0 Å². The minimum absolute atomic E-state index is 0.0640. The standard InChI is InChI=1S/C10H18O3/c1-2-3-4-5-6-10-12-8-9(7-11)13-10/h8,10-11H,2-7H2,1H3. The van der Waals surface area contributed by atoms with Crippen molar-refractivity contribution >= 4 is 0 Å². The summed E-state index contributed by atoms with van der Waals surface area (Å²) in [6.07, 6.45) is 7.14. The zero-order valence-electron chi connectivity index (χ0n) is 8.16. The average Bonchev–Trinajstić information content (AvgIpc) is 2.60. The van der Waals surface area contributed by atoms with E-state index in [2.05, 4.69) is 6.92 Å². The van der Waals surface area contributed by atoms with Gasteiger partial charge in [0.15, 0.2) is 5.76 Å². The summed E-state index contributed by atoms with van der Waals surface area (Å²) in [4.78, 5) is 0. The van der Waals surface area contributed by atoms with E-state index in [-0.39, 0.29) is 12.9 Å². The summed E-state index contributed by atoms with van der Waals surface area (Å²) in [5, 5.41) is 8.72. The average molecular weight is 186 g/mol. The second kappa shape index (κ2) is 5.86. The first-order valence-corrected chi connectivity index (χ1v) is 4.99. The molecule has 0 aliphatic carbocycles. The number of aliphatic hydroxyl groups is 1. The van der Waals surface area contributed by atoms with Crippen molar-refractivity contribution in [2.45, 2.75) is 45.3 Å². The lowest BCUT2D eigenvalue weighted by atomic mass is 10.1. The van der Waals surface area contributed by atoms with E-state index in [1.54, 1.807) is 0 Å². The first kappa shape index (κ1) is 10.4. The van der Waals surface area contributed by atoms with Gasteiger partial charge in [-0.2, -0.15) is 0 Å². The van der Waals surface area contributed by atoms with Gasteiger partial charge in [0.25, 0.3) is 0 Å². The Hall–Kier alpha value is -0.700. The van der Waals surface area contributed by atoms with Crippen LogP contribution >= 0.6 is 0 Å². The van der Waals surface area contributed by atoms with Gasteiger partial charge in [0.05, 0.1) is 0 Å². The Labute approximate surface area is 79.3 Å². The quantitative estimate of drug-likeness (QED) is 0.646. The number of ether oxygens (including phenoxy) is 2. The summed E-state index contributed by atoms with van der Waals surface area (Å²) in [6, 6.07) is 0. The highest BCUT2D eigenvalue weighted by molar-refractivity contribution is 4.91. The molecule has 1 heterocycles. The third-order valence-corrected chi connectivity index (χ3v) is 2.08. The molecule has 1 unspecified atom stereocenters. The van der Waals surface area contributed by atoms with Crippen LogP contribution in [0.3, 0.4) is 0 Å². The topological polar surface area (TPSA) is 38.7 Å². The Kier molecular flexibility index (Phi) is 4.68. The molecule has 3 nitrogen and oxygen atoms in total. The Balaban J connectivity index is 2.00. The number of unbranched alkanes of at least 4 members (excludes halogenated alkanes) is 3. The van der Waals surface area contributed by atoms with Crippen LogP contribution in [0.5, 0.6) is 0 Å². The number of hydrogen-bond donors (Lipinski definition) is 1. The lowest BCUT2D eigenvalue weighted by Gasteiger charge is -2.10. The van der Waals surface area contributed by atoms with Crippen LogP contribution in [-0.2, 0) is 9.47 Å². The van der Waals surface area contributed by atoms with E-state index in [0.717, 1.165) is 12.8 Å². The maximum Gasteiger partial charge on any atom is 0.240 e. The second-order valence-corrected chi connectivity index (χ2v) is 3.28. The molecule has 0 amide bonds. The molecule has 1 rings (SSSR count).